The molecule has 0 aromatic heterocycles. The molecule has 0 aliphatic rings. The summed E-state index contributed by atoms with van der Waals surface area (Å²) in [5, 5.41) is 9.08. The molecule has 0 fully saturated rings. The van der Waals surface area contributed by atoms with Gasteiger partial charge in [0.15, 0.2) is 0 Å². The Kier molecular flexibility index (Phi) is 5.01. The van der Waals surface area contributed by atoms with Crippen LogP contribution in [-0.2, 0) is 22.5 Å². The van der Waals surface area contributed by atoms with Gasteiger partial charge in [-0.2, -0.15) is 5.26 Å². The van der Waals surface area contributed by atoms with E-state index >= 15 is 0 Å². The number of rotatable bonds is 4. The van der Waals surface area contributed by atoms with Crippen molar-refractivity contribution in [3.63, 3.8) is 0 Å². The van der Waals surface area contributed by atoms with Crippen molar-refractivity contribution in [1.82, 2.24) is 0 Å². The Hall–Kier alpha value is -1.51. The Morgan fingerprint density at radius 3 is 2.71 bits per heavy atom. The molecule has 0 aliphatic carbocycles. The summed E-state index contributed by atoms with van der Waals surface area (Å²) in [5.74, 6) is -0.356. The van der Waals surface area contributed by atoms with Crippen molar-refractivity contribution in [2.45, 2.75) is 24.8 Å². The Morgan fingerprint density at radius 1 is 1.53 bits per heavy atom. The van der Waals surface area contributed by atoms with E-state index in [9.17, 15) is 4.79 Å². The standard InChI is InChI=1S/C12H14N2O2S/c1-2-16-12(15)5-8-3-10(17)4-9(6-13)11(8)7-14/h3-4,17H,2,5-6,13H2,1H3. The van der Waals surface area contributed by atoms with E-state index in [4.69, 9.17) is 15.7 Å². The van der Waals surface area contributed by atoms with Gasteiger partial charge in [0, 0.05) is 11.4 Å². The zero-order chi connectivity index (χ0) is 12.8. The quantitative estimate of drug-likeness (QED) is 0.626. The van der Waals surface area contributed by atoms with E-state index in [0.29, 0.717) is 28.2 Å². The van der Waals surface area contributed by atoms with E-state index in [-0.39, 0.29) is 18.9 Å². The fourth-order valence-electron chi connectivity index (χ4n) is 1.56. The SMILES string of the molecule is CCOC(=O)Cc1cc(S)cc(CN)c1C#N. The smallest absolute Gasteiger partial charge is 0.310 e. The molecule has 0 saturated heterocycles. The summed E-state index contributed by atoms with van der Waals surface area (Å²) in [4.78, 5) is 12.1. The summed E-state index contributed by atoms with van der Waals surface area (Å²) in [5.41, 5.74) is 7.30. The molecule has 17 heavy (non-hydrogen) atoms. The van der Waals surface area contributed by atoms with Gasteiger partial charge in [-0.15, -0.1) is 12.6 Å². The number of carbonyl (C=O) groups excluding carboxylic acids is 1. The lowest BCUT2D eigenvalue weighted by atomic mass is 9.99. The summed E-state index contributed by atoms with van der Waals surface area (Å²) < 4.78 is 4.85. The molecule has 0 unspecified atom stereocenters. The number of esters is 1. The van der Waals surface area contributed by atoms with E-state index in [1.54, 1.807) is 19.1 Å². The molecule has 0 spiro atoms. The number of ether oxygens (including phenoxy) is 1. The fraction of sp³-hybridized carbons (Fsp3) is 0.333. The lowest BCUT2D eigenvalue weighted by Gasteiger charge is -2.09. The molecule has 90 valence electrons. The van der Waals surface area contributed by atoms with Crippen LogP contribution in [0.3, 0.4) is 0 Å². The summed E-state index contributed by atoms with van der Waals surface area (Å²) >= 11 is 4.22. The molecule has 0 heterocycles. The number of nitrogens with zero attached hydrogens (tertiary/aromatic N) is 1. The van der Waals surface area contributed by atoms with Crippen molar-refractivity contribution in [2.75, 3.05) is 6.61 Å². The average Bonchev–Trinajstić information content (AvgIpc) is 2.28. The molecular formula is C12H14N2O2S. The van der Waals surface area contributed by atoms with Gasteiger partial charge in [0.25, 0.3) is 0 Å². The van der Waals surface area contributed by atoms with Gasteiger partial charge >= 0.3 is 5.97 Å². The molecule has 4 nitrogen and oxygen atoms in total. The second-order valence-corrected chi connectivity index (χ2v) is 3.95. The van der Waals surface area contributed by atoms with Crippen LogP contribution in [0, 0.1) is 11.3 Å². The van der Waals surface area contributed by atoms with Gasteiger partial charge in [-0.1, -0.05) is 0 Å². The van der Waals surface area contributed by atoms with Crippen LogP contribution in [0.25, 0.3) is 0 Å². The molecule has 0 radical (unpaired) electrons. The average molecular weight is 250 g/mol. The second kappa shape index (κ2) is 6.28. The zero-order valence-corrected chi connectivity index (χ0v) is 10.5. The first kappa shape index (κ1) is 13.6. The molecular weight excluding hydrogens is 236 g/mol. The van der Waals surface area contributed by atoms with Crippen LogP contribution in [-0.4, -0.2) is 12.6 Å². The van der Waals surface area contributed by atoms with E-state index < -0.39 is 0 Å². The minimum Gasteiger partial charge on any atom is -0.466 e. The first-order valence-corrected chi connectivity index (χ1v) is 5.67. The first-order chi connectivity index (χ1) is 8.12. The van der Waals surface area contributed by atoms with Gasteiger partial charge < -0.3 is 10.5 Å². The zero-order valence-electron chi connectivity index (χ0n) is 9.56. The molecule has 0 atom stereocenters. The lowest BCUT2D eigenvalue weighted by molar-refractivity contribution is -0.142. The van der Waals surface area contributed by atoms with Gasteiger partial charge in [-0.05, 0) is 30.2 Å². The molecule has 0 aliphatic heterocycles. The molecule has 1 rings (SSSR count). The number of benzene rings is 1. The van der Waals surface area contributed by atoms with Gasteiger partial charge in [0.05, 0.1) is 24.7 Å². The van der Waals surface area contributed by atoms with Crippen LogP contribution >= 0.6 is 12.6 Å². The van der Waals surface area contributed by atoms with Crippen molar-refractivity contribution in [1.29, 1.82) is 5.26 Å². The van der Waals surface area contributed by atoms with Crippen molar-refractivity contribution in [2.24, 2.45) is 5.73 Å². The summed E-state index contributed by atoms with van der Waals surface area (Å²) in [7, 11) is 0. The molecule has 0 bridgehead atoms. The molecule has 0 saturated carbocycles. The Bertz CT molecular complexity index is 466. The van der Waals surface area contributed by atoms with Crippen LogP contribution in [0.2, 0.25) is 0 Å². The predicted molar refractivity (Wildman–Crippen MR) is 66.6 cm³/mol. The highest BCUT2D eigenvalue weighted by atomic mass is 32.1. The predicted octanol–water partition coefficient (Wildman–Crippen LogP) is 1.41. The van der Waals surface area contributed by atoms with Crippen LogP contribution in [0.5, 0.6) is 0 Å². The van der Waals surface area contributed by atoms with Crippen molar-refractivity contribution in [3.05, 3.63) is 28.8 Å². The fourth-order valence-corrected chi connectivity index (χ4v) is 1.87. The number of carbonyl (C=O) groups is 1. The van der Waals surface area contributed by atoms with Gasteiger partial charge in [-0.3, -0.25) is 4.79 Å². The first-order valence-electron chi connectivity index (χ1n) is 5.22. The topological polar surface area (TPSA) is 76.1 Å². The van der Waals surface area contributed by atoms with Crippen molar-refractivity contribution >= 4 is 18.6 Å². The van der Waals surface area contributed by atoms with E-state index in [2.05, 4.69) is 18.7 Å². The minimum absolute atomic E-state index is 0.0676. The summed E-state index contributed by atoms with van der Waals surface area (Å²) in [6, 6.07) is 5.49. The van der Waals surface area contributed by atoms with E-state index in [1.165, 1.54) is 0 Å². The summed E-state index contributed by atoms with van der Waals surface area (Å²) in [6.45, 7) is 2.31. The largest absolute Gasteiger partial charge is 0.466 e. The van der Waals surface area contributed by atoms with Crippen LogP contribution in [0.4, 0.5) is 0 Å². The Balaban J connectivity index is 3.10. The highest BCUT2D eigenvalue weighted by Gasteiger charge is 2.13. The number of nitriles is 1. The van der Waals surface area contributed by atoms with Crippen LogP contribution in [0.15, 0.2) is 17.0 Å². The van der Waals surface area contributed by atoms with Crippen molar-refractivity contribution in [3.8, 4) is 6.07 Å². The lowest BCUT2D eigenvalue weighted by Crippen LogP contribution is -2.11. The number of thiol groups is 1. The summed E-state index contributed by atoms with van der Waals surface area (Å²) in [6.07, 6.45) is 0.0676. The highest BCUT2D eigenvalue weighted by Crippen LogP contribution is 2.20. The minimum atomic E-state index is -0.356. The number of nitrogens with two attached hydrogens (primary N) is 1. The van der Waals surface area contributed by atoms with Crippen LogP contribution < -0.4 is 5.73 Å². The number of hydrogen-bond acceptors (Lipinski definition) is 5. The Labute approximate surface area is 106 Å². The molecule has 1 aromatic carbocycles. The van der Waals surface area contributed by atoms with Gasteiger partial charge in [0.1, 0.15) is 0 Å². The third kappa shape index (κ3) is 3.48. The second-order valence-electron chi connectivity index (χ2n) is 3.44. The van der Waals surface area contributed by atoms with Gasteiger partial charge in [0.2, 0.25) is 0 Å². The maximum Gasteiger partial charge on any atom is 0.310 e. The van der Waals surface area contributed by atoms with E-state index in [1.807, 2.05) is 0 Å². The molecule has 5 heteroatoms. The Morgan fingerprint density at radius 2 is 2.18 bits per heavy atom. The highest BCUT2D eigenvalue weighted by molar-refractivity contribution is 7.80. The van der Waals surface area contributed by atoms with Crippen molar-refractivity contribution < 1.29 is 9.53 Å². The third-order valence-electron chi connectivity index (χ3n) is 2.26. The monoisotopic (exact) mass is 250 g/mol. The van der Waals surface area contributed by atoms with Crippen LogP contribution in [0.1, 0.15) is 23.6 Å². The maximum atomic E-state index is 11.4. The van der Waals surface area contributed by atoms with Gasteiger partial charge in [-0.25, -0.2) is 0 Å². The third-order valence-corrected chi connectivity index (χ3v) is 2.52. The molecule has 1 aromatic rings. The molecule has 2 N–H and O–H groups in total. The normalized spacial score (nSPS) is 9.76. The number of hydrogen-bond donors (Lipinski definition) is 2. The van der Waals surface area contributed by atoms with E-state index in [0.717, 1.165) is 0 Å². The molecule has 0 amide bonds. The maximum absolute atomic E-state index is 11.4.